The molecule has 10 rings (SSSR count). The number of rotatable bonds is 4. The number of benzene rings is 8. The van der Waals surface area contributed by atoms with Crippen LogP contribution in [0.4, 0.5) is 11.4 Å². The summed E-state index contributed by atoms with van der Waals surface area (Å²) >= 11 is 0. The lowest BCUT2D eigenvalue weighted by molar-refractivity contribution is 0.0877. The molecular weight excluding hydrogens is 645 g/mol. The summed E-state index contributed by atoms with van der Waals surface area (Å²) < 4.78 is 0. The number of hydrogen-bond acceptors (Lipinski definition) is 4. The van der Waals surface area contributed by atoms with Gasteiger partial charge in [-0.25, -0.2) is 9.80 Å². The molecule has 0 aromatic heterocycles. The van der Waals surface area contributed by atoms with Crippen molar-refractivity contribution in [1.82, 2.24) is 0 Å². The highest BCUT2D eigenvalue weighted by Crippen LogP contribution is 2.36. The van der Waals surface area contributed by atoms with Crippen LogP contribution in [-0.4, -0.2) is 23.6 Å². The number of anilines is 2. The van der Waals surface area contributed by atoms with Gasteiger partial charge in [0.1, 0.15) is 0 Å². The molecule has 8 aromatic carbocycles. The van der Waals surface area contributed by atoms with Gasteiger partial charge in [-0.1, -0.05) is 97.1 Å². The Labute approximate surface area is 297 Å². The Balaban J connectivity index is 0.906. The number of carbonyl (C=O) groups is 4. The second-order valence-corrected chi connectivity index (χ2v) is 13.2. The number of imide groups is 2. The Bertz CT molecular complexity index is 2660. The van der Waals surface area contributed by atoms with E-state index < -0.39 is 0 Å². The monoisotopic (exact) mass is 670 g/mol. The zero-order valence-corrected chi connectivity index (χ0v) is 27.5. The summed E-state index contributed by atoms with van der Waals surface area (Å²) in [4.78, 5) is 56.8. The highest BCUT2D eigenvalue weighted by atomic mass is 16.2. The van der Waals surface area contributed by atoms with Crippen LogP contribution in [0.3, 0.4) is 0 Å². The molecule has 244 valence electrons. The Hall–Kier alpha value is -7.18. The van der Waals surface area contributed by atoms with E-state index in [1.165, 1.54) is 9.80 Å². The molecule has 0 atom stereocenters. The molecule has 6 nitrogen and oxygen atoms in total. The number of nitrogens with zero attached hydrogens (tertiary/aromatic N) is 2. The first-order valence-corrected chi connectivity index (χ1v) is 17.0. The van der Waals surface area contributed by atoms with Crippen molar-refractivity contribution in [3.63, 3.8) is 0 Å². The van der Waals surface area contributed by atoms with Crippen LogP contribution >= 0.6 is 0 Å². The summed E-state index contributed by atoms with van der Waals surface area (Å²) in [7, 11) is 0. The minimum absolute atomic E-state index is 0.322. The Kier molecular flexibility index (Phi) is 6.38. The molecule has 0 fully saturated rings. The van der Waals surface area contributed by atoms with Crippen molar-refractivity contribution in [2.75, 3.05) is 9.80 Å². The third kappa shape index (κ3) is 4.44. The quantitative estimate of drug-likeness (QED) is 0.138. The molecule has 0 saturated carbocycles. The van der Waals surface area contributed by atoms with Crippen LogP contribution < -0.4 is 9.80 Å². The lowest BCUT2D eigenvalue weighted by Gasteiger charge is -2.27. The van der Waals surface area contributed by atoms with E-state index in [2.05, 4.69) is 12.1 Å². The third-order valence-electron chi connectivity index (χ3n) is 10.2. The van der Waals surface area contributed by atoms with Crippen molar-refractivity contribution in [3.8, 4) is 0 Å². The van der Waals surface area contributed by atoms with Crippen molar-refractivity contribution in [3.05, 3.63) is 179 Å². The van der Waals surface area contributed by atoms with Gasteiger partial charge >= 0.3 is 0 Å². The largest absolute Gasteiger partial charge is 0.268 e. The van der Waals surface area contributed by atoms with E-state index in [4.69, 9.17) is 0 Å². The van der Waals surface area contributed by atoms with Crippen molar-refractivity contribution in [2.24, 2.45) is 0 Å². The number of amides is 4. The van der Waals surface area contributed by atoms with Gasteiger partial charge in [-0.3, -0.25) is 19.2 Å². The molecule has 52 heavy (non-hydrogen) atoms. The van der Waals surface area contributed by atoms with Crippen LogP contribution in [0.15, 0.2) is 146 Å². The van der Waals surface area contributed by atoms with E-state index in [-0.39, 0.29) is 23.6 Å². The van der Waals surface area contributed by atoms with Gasteiger partial charge < -0.3 is 0 Å². The lowest BCUT2D eigenvalue weighted by Crippen LogP contribution is -2.40. The minimum Gasteiger partial charge on any atom is -0.268 e. The van der Waals surface area contributed by atoms with Gasteiger partial charge in [0.25, 0.3) is 23.6 Å². The fourth-order valence-electron chi connectivity index (χ4n) is 7.71. The summed E-state index contributed by atoms with van der Waals surface area (Å²) in [5.74, 6) is -1.29. The van der Waals surface area contributed by atoms with Gasteiger partial charge in [0.05, 0.1) is 11.4 Å². The summed E-state index contributed by atoms with van der Waals surface area (Å²) in [6.45, 7) is 0. The van der Waals surface area contributed by atoms with Crippen LogP contribution in [0.25, 0.3) is 55.2 Å². The first-order chi connectivity index (χ1) is 25.4. The molecule has 0 bridgehead atoms. The number of carbonyl (C=O) groups excluding carboxylic acids is 4. The van der Waals surface area contributed by atoms with E-state index in [1.54, 1.807) is 24.3 Å². The van der Waals surface area contributed by atoms with Gasteiger partial charge in [-0.15, -0.1) is 0 Å². The lowest BCUT2D eigenvalue weighted by atomic mass is 9.93. The van der Waals surface area contributed by atoms with Gasteiger partial charge in [-0.2, -0.15) is 0 Å². The standard InChI is InChI=1S/C46H26N2O4/c49-43-37-9-1-5-29-6-2-10-38(41(29)37)44(50)47(43)35-21-19-31-23-27(15-17-33(31)25-35)13-14-28-16-18-34-26-36(22-20-32(34)24-28)48-45(51)39-11-3-7-30-8-4-12-40(42(30)39)46(48)52/h1-26H/b14-13+. The van der Waals surface area contributed by atoms with Gasteiger partial charge in [0.2, 0.25) is 0 Å². The molecule has 6 heteroatoms. The maximum Gasteiger partial charge on any atom is 0.265 e. The van der Waals surface area contributed by atoms with Crippen LogP contribution in [0.5, 0.6) is 0 Å². The Morgan fingerprint density at radius 2 is 0.654 bits per heavy atom. The van der Waals surface area contributed by atoms with Crippen molar-refractivity contribution in [2.45, 2.75) is 0 Å². The van der Waals surface area contributed by atoms with E-state index in [9.17, 15) is 19.2 Å². The molecule has 4 amide bonds. The predicted molar refractivity (Wildman–Crippen MR) is 207 cm³/mol. The summed E-state index contributed by atoms with van der Waals surface area (Å²) in [5, 5.41) is 6.97. The minimum atomic E-state index is -0.322. The van der Waals surface area contributed by atoms with E-state index in [0.29, 0.717) is 44.4 Å². The first-order valence-electron chi connectivity index (χ1n) is 17.0. The topological polar surface area (TPSA) is 74.8 Å². The molecule has 8 aromatic rings. The van der Waals surface area contributed by atoms with Gasteiger partial charge in [0.15, 0.2) is 0 Å². The highest BCUT2D eigenvalue weighted by molar-refractivity contribution is 6.37. The third-order valence-corrected chi connectivity index (χ3v) is 10.2. The van der Waals surface area contributed by atoms with E-state index in [0.717, 1.165) is 43.4 Å². The molecule has 0 spiro atoms. The molecule has 2 aliphatic heterocycles. The molecule has 0 N–H and O–H groups in total. The SMILES string of the molecule is O=C1c2cccc3cccc(c23)C(=O)N1c1ccc2cc(/C=C/c3ccc4cc(N5C(=O)c6cccc7cccc(c67)C5=O)ccc4c3)ccc2c1. The smallest absolute Gasteiger partial charge is 0.265 e. The normalized spacial score (nSPS) is 14.2. The summed E-state index contributed by atoms with van der Waals surface area (Å²) in [6, 6.07) is 45.6. The van der Waals surface area contributed by atoms with Crippen LogP contribution in [0, 0.1) is 0 Å². The number of fused-ring (bicyclic) bond motifs is 2. The Morgan fingerprint density at radius 3 is 1.02 bits per heavy atom. The van der Waals surface area contributed by atoms with E-state index >= 15 is 0 Å². The van der Waals surface area contributed by atoms with Crippen molar-refractivity contribution >= 4 is 90.2 Å². The molecule has 0 unspecified atom stereocenters. The molecule has 2 aliphatic rings. The highest BCUT2D eigenvalue weighted by Gasteiger charge is 2.35. The maximum atomic E-state index is 13.6. The summed E-state index contributed by atoms with van der Waals surface area (Å²) in [6.07, 6.45) is 4.09. The molecule has 2 heterocycles. The van der Waals surface area contributed by atoms with Crippen molar-refractivity contribution < 1.29 is 19.2 Å². The fourth-order valence-corrected chi connectivity index (χ4v) is 7.71. The average Bonchev–Trinajstić information content (AvgIpc) is 3.18. The maximum absolute atomic E-state index is 13.6. The zero-order valence-electron chi connectivity index (χ0n) is 27.5. The Morgan fingerprint density at radius 1 is 0.327 bits per heavy atom. The number of hydrogen-bond donors (Lipinski definition) is 0. The second kappa shape index (κ2) is 11.2. The molecule has 0 aliphatic carbocycles. The van der Waals surface area contributed by atoms with Crippen LogP contribution in [-0.2, 0) is 0 Å². The zero-order chi connectivity index (χ0) is 35.1. The van der Waals surface area contributed by atoms with E-state index in [1.807, 2.05) is 121 Å². The molecule has 0 radical (unpaired) electrons. The first kappa shape index (κ1) is 29.7. The summed E-state index contributed by atoms with van der Waals surface area (Å²) in [5.41, 5.74) is 5.17. The average molecular weight is 671 g/mol. The van der Waals surface area contributed by atoms with Gasteiger partial charge in [-0.05, 0) is 104 Å². The second-order valence-electron chi connectivity index (χ2n) is 13.2. The molecule has 0 saturated heterocycles. The van der Waals surface area contributed by atoms with Gasteiger partial charge in [0, 0.05) is 33.0 Å². The van der Waals surface area contributed by atoms with Crippen LogP contribution in [0.2, 0.25) is 0 Å². The fraction of sp³-hybridized carbons (Fsp3) is 0. The van der Waals surface area contributed by atoms with Crippen molar-refractivity contribution in [1.29, 1.82) is 0 Å². The molecular formula is C46H26N2O4. The van der Waals surface area contributed by atoms with Crippen LogP contribution in [0.1, 0.15) is 52.6 Å². The predicted octanol–water partition coefficient (Wildman–Crippen LogP) is 10.1.